The van der Waals surface area contributed by atoms with Gasteiger partial charge in [-0.3, -0.25) is 4.79 Å². The van der Waals surface area contributed by atoms with Crippen LogP contribution in [0.4, 0.5) is 5.69 Å². The van der Waals surface area contributed by atoms with Crippen molar-refractivity contribution in [2.24, 2.45) is 0 Å². The number of nitrogens with one attached hydrogen (secondary N) is 2. The molecule has 1 aliphatic rings. The molecule has 0 saturated carbocycles. The molecule has 0 radical (unpaired) electrons. The second-order valence-electron chi connectivity index (χ2n) is 7.68. The van der Waals surface area contributed by atoms with E-state index < -0.39 is 5.92 Å². The zero-order valence-electron chi connectivity index (χ0n) is 18.8. The van der Waals surface area contributed by atoms with Crippen LogP contribution in [0.2, 0.25) is 0 Å². The van der Waals surface area contributed by atoms with E-state index in [-0.39, 0.29) is 5.91 Å². The Morgan fingerprint density at radius 3 is 2.03 bits per heavy atom. The fourth-order valence-corrected chi connectivity index (χ4v) is 4.75. The normalized spacial score (nSPS) is 14.7. The van der Waals surface area contributed by atoms with Gasteiger partial charge in [-0.2, -0.15) is 0 Å². The lowest BCUT2D eigenvalue weighted by molar-refractivity contribution is -0.116. The number of carbonyl (C=O) groups is 1. The first-order valence-corrected chi connectivity index (χ1v) is 10.5. The summed E-state index contributed by atoms with van der Waals surface area (Å²) in [5.74, 6) is 0.960. The van der Waals surface area contributed by atoms with Crippen molar-refractivity contribution in [3.05, 3.63) is 65.9 Å². The molecule has 7 nitrogen and oxygen atoms in total. The van der Waals surface area contributed by atoms with E-state index in [4.69, 9.17) is 18.9 Å². The van der Waals surface area contributed by atoms with Crippen LogP contribution in [0.1, 0.15) is 17.0 Å². The van der Waals surface area contributed by atoms with Gasteiger partial charge in [0.25, 0.3) is 0 Å². The molecule has 2 heterocycles. The molecule has 0 bridgehead atoms. The molecule has 2 N–H and O–H groups in total. The summed E-state index contributed by atoms with van der Waals surface area (Å²) in [5.41, 5.74) is 4.68. The second kappa shape index (κ2) is 8.09. The second-order valence-corrected chi connectivity index (χ2v) is 7.68. The predicted octanol–water partition coefficient (Wildman–Crippen LogP) is 4.95. The summed E-state index contributed by atoms with van der Waals surface area (Å²) < 4.78 is 23.6. The Kier molecular flexibility index (Phi) is 5.09. The summed E-state index contributed by atoms with van der Waals surface area (Å²) in [6.45, 7) is 0. The van der Waals surface area contributed by atoms with E-state index >= 15 is 0 Å². The largest absolute Gasteiger partial charge is 0.492 e. The number of para-hydroxylation sites is 2. The van der Waals surface area contributed by atoms with E-state index in [1.54, 1.807) is 28.4 Å². The van der Waals surface area contributed by atoms with E-state index in [1.807, 2.05) is 54.7 Å². The number of amides is 1. The van der Waals surface area contributed by atoms with Crippen LogP contribution in [0.5, 0.6) is 23.0 Å². The molecule has 0 fully saturated rings. The average molecular weight is 444 g/mol. The molecule has 0 saturated heterocycles. The van der Waals surface area contributed by atoms with Crippen LogP contribution >= 0.6 is 0 Å². The Labute approximate surface area is 191 Å². The lowest BCUT2D eigenvalue weighted by Crippen LogP contribution is -2.16. The van der Waals surface area contributed by atoms with Crippen LogP contribution in [0.3, 0.4) is 0 Å². The van der Waals surface area contributed by atoms with Crippen molar-refractivity contribution in [1.29, 1.82) is 0 Å². The molecular weight excluding hydrogens is 420 g/mol. The molecule has 1 amide bonds. The zero-order valence-corrected chi connectivity index (χ0v) is 18.8. The number of carbonyl (C=O) groups excluding carboxylic acids is 1. The highest BCUT2D eigenvalue weighted by Gasteiger charge is 2.40. The van der Waals surface area contributed by atoms with Gasteiger partial charge in [0.05, 0.1) is 45.5 Å². The third-order valence-electron chi connectivity index (χ3n) is 6.11. The maximum atomic E-state index is 13.1. The average Bonchev–Trinajstić information content (AvgIpc) is 3.42. The summed E-state index contributed by atoms with van der Waals surface area (Å²) >= 11 is 0. The minimum Gasteiger partial charge on any atom is -0.492 e. The monoisotopic (exact) mass is 444 g/mol. The number of H-pyrrole nitrogens is 1. The zero-order chi connectivity index (χ0) is 23.1. The number of hydrogen-bond acceptors (Lipinski definition) is 5. The van der Waals surface area contributed by atoms with E-state index in [0.29, 0.717) is 34.1 Å². The summed E-state index contributed by atoms with van der Waals surface area (Å²) in [5, 5.41) is 3.95. The molecule has 4 aromatic rings. The van der Waals surface area contributed by atoms with Crippen molar-refractivity contribution in [3.8, 4) is 34.1 Å². The number of anilines is 1. The maximum Gasteiger partial charge on any atom is 0.236 e. The highest BCUT2D eigenvalue weighted by molar-refractivity contribution is 6.07. The highest BCUT2D eigenvalue weighted by Crippen LogP contribution is 2.58. The van der Waals surface area contributed by atoms with Crippen LogP contribution in [0.25, 0.3) is 22.0 Å². The number of hydrogen-bond donors (Lipinski definition) is 2. The Hall–Kier alpha value is -4.13. The summed E-state index contributed by atoms with van der Waals surface area (Å²) in [7, 11) is 6.28. The predicted molar refractivity (Wildman–Crippen MR) is 127 cm³/mol. The van der Waals surface area contributed by atoms with Gasteiger partial charge in [0.1, 0.15) is 0 Å². The quantitative estimate of drug-likeness (QED) is 0.440. The fraction of sp³-hybridized carbons (Fsp3) is 0.192. The molecule has 0 spiro atoms. The first-order valence-electron chi connectivity index (χ1n) is 10.5. The lowest BCUT2D eigenvalue weighted by atomic mass is 9.88. The first-order chi connectivity index (χ1) is 16.1. The summed E-state index contributed by atoms with van der Waals surface area (Å²) in [6, 6.07) is 15.5. The van der Waals surface area contributed by atoms with E-state index in [2.05, 4.69) is 10.3 Å². The van der Waals surface area contributed by atoms with Crippen LogP contribution in [0.15, 0.2) is 54.7 Å². The Balaban J connectivity index is 1.88. The molecule has 1 unspecified atom stereocenters. The number of fused-ring (bicyclic) bond motifs is 2. The molecule has 0 aliphatic carbocycles. The van der Waals surface area contributed by atoms with Crippen molar-refractivity contribution >= 4 is 22.5 Å². The minimum atomic E-state index is -0.647. The van der Waals surface area contributed by atoms with E-state index in [0.717, 1.165) is 27.7 Å². The van der Waals surface area contributed by atoms with Gasteiger partial charge >= 0.3 is 0 Å². The fourth-order valence-electron chi connectivity index (χ4n) is 4.75. The summed E-state index contributed by atoms with van der Waals surface area (Å²) in [6.07, 6.45) is 1.90. The standard InChI is InChI=1S/C26H24N2O5/c1-30-22-20(16-13-27-17-11-7-5-9-14(16)17)23(31-2)25(33-4)21(24(22)32-3)19-15-10-6-8-12-18(15)28-26(19)29/h5-13,19,27H,1-4H3,(H,28,29). The number of aromatic amines is 1. The van der Waals surface area contributed by atoms with Crippen molar-refractivity contribution in [1.82, 2.24) is 4.98 Å². The molecule has 1 aliphatic heterocycles. The maximum absolute atomic E-state index is 13.1. The molecule has 1 aromatic heterocycles. The minimum absolute atomic E-state index is 0.170. The Morgan fingerprint density at radius 1 is 0.758 bits per heavy atom. The first kappa shape index (κ1) is 20.8. The molecular formula is C26H24N2O5. The van der Waals surface area contributed by atoms with Crippen molar-refractivity contribution in [3.63, 3.8) is 0 Å². The molecule has 168 valence electrons. The number of aromatic nitrogens is 1. The third-order valence-corrected chi connectivity index (χ3v) is 6.11. The number of ether oxygens (including phenoxy) is 4. The lowest BCUT2D eigenvalue weighted by Gasteiger charge is -2.25. The van der Waals surface area contributed by atoms with Gasteiger partial charge in [0.2, 0.25) is 5.91 Å². The number of rotatable bonds is 6. The van der Waals surface area contributed by atoms with Gasteiger partial charge in [0.15, 0.2) is 23.0 Å². The van der Waals surface area contributed by atoms with Crippen molar-refractivity contribution in [2.45, 2.75) is 5.92 Å². The van der Waals surface area contributed by atoms with Crippen LogP contribution < -0.4 is 24.3 Å². The highest BCUT2D eigenvalue weighted by atomic mass is 16.5. The van der Waals surface area contributed by atoms with E-state index in [1.165, 1.54) is 0 Å². The summed E-state index contributed by atoms with van der Waals surface area (Å²) in [4.78, 5) is 16.4. The Bertz CT molecular complexity index is 1340. The molecule has 33 heavy (non-hydrogen) atoms. The van der Waals surface area contributed by atoms with Gasteiger partial charge < -0.3 is 29.2 Å². The molecule has 7 heteroatoms. The number of benzene rings is 3. The van der Waals surface area contributed by atoms with Crippen molar-refractivity contribution in [2.75, 3.05) is 33.8 Å². The van der Waals surface area contributed by atoms with Gasteiger partial charge in [0, 0.05) is 28.4 Å². The molecule has 1 atom stereocenters. The molecule has 3 aromatic carbocycles. The van der Waals surface area contributed by atoms with Gasteiger partial charge in [-0.25, -0.2) is 0 Å². The third kappa shape index (κ3) is 3.00. The van der Waals surface area contributed by atoms with Gasteiger partial charge in [-0.05, 0) is 17.7 Å². The Morgan fingerprint density at radius 2 is 1.36 bits per heavy atom. The number of methoxy groups -OCH3 is 4. The topological polar surface area (TPSA) is 81.8 Å². The van der Waals surface area contributed by atoms with Gasteiger partial charge in [-0.15, -0.1) is 0 Å². The van der Waals surface area contributed by atoms with Gasteiger partial charge in [-0.1, -0.05) is 36.4 Å². The van der Waals surface area contributed by atoms with Crippen LogP contribution in [-0.4, -0.2) is 39.3 Å². The SMILES string of the molecule is COc1c(OC)c(C2C(=O)Nc3ccccc32)c(OC)c(OC)c1-c1c[nH]c2ccccc12. The molecule has 5 rings (SSSR count). The van der Waals surface area contributed by atoms with Crippen molar-refractivity contribution < 1.29 is 23.7 Å². The smallest absolute Gasteiger partial charge is 0.236 e. The van der Waals surface area contributed by atoms with E-state index in [9.17, 15) is 4.79 Å². The van der Waals surface area contributed by atoms with Crippen LogP contribution in [0, 0.1) is 0 Å². The van der Waals surface area contributed by atoms with Crippen LogP contribution in [-0.2, 0) is 4.79 Å².